The SMILES string of the molecule is Cc1ccc(C(=O)OCc2csc(-c3ccc(F)cc3)n2)cc1[N+](=O)[O-]. The van der Waals surface area contributed by atoms with Gasteiger partial charge in [0.25, 0.3) is 5.69 Å². The van der Waals surface area contributed by atoms with Crippen LogP contribution in [-0.4, -0.2) is 15.9 Å². The van der Waals surface area contributed by atoms with Crippen LogP contribution in [0.5, 0.6) is 0 Å². The molecule has 0 N–H and O–H groups in total. The Morgan fingerprint density at radius 1 is 1.27 bits per heavy atom. The summed E-state index contributed by atoms with van der Waals surface area (Å²) in [6.45, 7) is 1.54. The summed E-state index contributed by atoms with van der Waals surface area (Å²) in [6.07, 6.45) is 0. The highest BCUT2D eigenvalue weighted by molar-refractivity contribution is 7.13. The Bertz CT molecular complexity index is 970. The number of nitrogens with zero attached hydrogens (tertiary/aromatic N) is 2. The summed E-state index contributed by atoms with van der Waals surface area (Å²) in [6, 6.07) is 10.1. The van der Waals surface area contributed by atoms with E-state index in [1.54, 1.807) is 24.4 Å². The molecule has 0 aliphatic rings. The van der Waals surface area contributed by atoms with E-state index in [-0.39, 0.29) is 23.7 Å². The first-order valence-corrected chi connectivity index (χ1v) is 8.44. The highest BCUT2D eigenvalue weighted by Gasteiger charge is 2.16. The third-order valence-corrected chi connectivity index (χ3v) is 4.58. The Kier molecular flexibility index (Phi) is 5.04. The van der Waals surface area contributed by atoms with E-state index in [1.165, 1.54) is 41.7 Å². The van der Waals surface area contributed by atoms with Crippen molar-refractivity contribution in [3.8, 4) is 10.6 Å². The summed E-state index contributed by atoms with van der Waals surface area (Å²) >= 11 is 1.35. The van der Waals surface area contributed by atoms with Crippen molar-refractivity contribution >= 4 is 23.0 Å². The summed E-state index contributed by atoms with van der Waals surface area (Å²) in [4.78, 5) is 26.9. The summed E-state index contributed by atoms with van der Waals surface area (Å²) in [5, 5.41) is 13.4. The minimum Gasteiger partial charge on any atom is -0.456 e. The monoisotopic (exact) mass is 372 g/mol. The molecule has 0 unspecified atom stereocenters. The molecule has 1 aromatic heterocycles. The van der Waals surface area contributed by atoms with Gasteiger partial charge in [-0.2, -0.15) is 0 Å². The second-order valence-electron chi connectivity index (χ2n) is 5.49. The van der Waals surface area contributed by atoms with Crippen LogP contribution in [0.25, 0.3) is 10.6 Å². The van der Waals surface area contributed by atoms with E-state index >= 15 is 0 Å². The second kappa shape index (κ2) is 7.40. The predicted octanol–water partition coefficient (Wildman–Crippen LogP) is 4.52. The van der Waals surface area contributed by atoms with Gasteiger partial charge in [-0.3, -0.25) is 10.1 Å². The van der Waals surface area contributed by atoms with Gasteiger partial charge in [0.2, 0.25) is 0 Å². The van der Waals surface area contributed by atoms with Gasteiger partial charge in [0, 0.05) is 22.6 Å². The van der Waals surface area contributed by atoms with Crippen LogP contribution >= 0.6 is 11.3 Å². The Balaban J connectivity index is 1.68. The number of carbonyl (C=O) groups excluding carboxylic acids is 1. The number of halogens is 1. The molecule has 0 aliphatic heterocycles. The van der Waals surface area contributed by atoms with Crippen molar-refractivity contribution in [2.24, 2.45) is 0 Å². The highest BCUT2D eigenvalue weighted by atomic mass is 32.1. The average Bonchev–Trinajstić information content (AvgIpc) is 3.09. The minimum absolute atomic E-state index is 0.0573. The Labute approximate surface area is 152 Å². The van der Waals surface area contributed by atoms with Crippen molar-refractivity contribution in [1.29, 1.82) is 0 Å². The number of carbonyl (C=O) groups is 1. The molecule has 0 saturated heterocycles. The fourth-order valence-corrected chi connectivity index (χ4v) is 3.06. The molecule has 26 heavy (non-hydrogen) atoms. The largest absolute Gasteiger partial charge is 0.456 e. The molecule has 0 saturated carbocycles. The van der Waals surface area contributed by atoms with E-state index in [4.69, 9.17) is 4.74 Å². The number of nitro benzene ring substituents is 1. The van der Waals surface area contributed by atoms with Gasteiger partial charge in [0.05, 0.1) is 16.2 Å². The summed E-state index contributed by atoms with van der Waals surface area (Å²) in [7, 11) is 0. The molecule has 0 amide bonds. The fourth-order valence-electron chi connectivity index (χ4n) is 2.25. The zero-order valence-electron chi connectivity index (χ0n) is 13.6. The number of hydrogen-bond acceptors (Lipinski definition) is 6. The van der Waals surface area contributed by atoms with Crippen LogP contribution in [0.15, 0.2) is 47.8 Å². The number of esters is 1. The number of ether oxygens (including phenoxy) is 1. The fraction of sp³-hybridized carbons (Fsp3) is 0.111. The molecular weight excluding hydrogens is 359 g/mol. The maximum absolute atomic E-state index is 13.0. The van der Waals surface area contributed by atoms with Gasteiger partial charge < -0.3 is 4.74 Å². The third-order valence-electron chi connectivity index (χ3n) is 3.64. The predicted molar refractivity (Wildman–Crippen MR) is 94.5 cm³/mol. The first kappa shape index (κ1) is 17.7. The molecule has 1 heterocycles. The van der Waals surface area contributed by atoms with Gasteiger partial charge >= 0.3 is 5.97 Å². The Morgan fingerprint density at radius 3 is 2.69 bits per heavy atom. The van der Waals surface area contributed by atoms with Crippen LogP contribution < -0.4 is 0 Å². The quantitative estimate of drug-likeness (QED) is 0.373. The summed E-state index contributed by atoms with van der Waals surface area (Å²) in [5.74, 6) is -0.990. The van der Waals surface area contributed by atoms with Crippen LogP contribution in [0.4, 0.5) is 10.1 Å². The molecule has 3 aromatic rings. The van der Waals surface area contributed by atoms with Crippen molar-refractivity contribution < 1.29 is 18.8 Å². The first-order chi connectivity index (χ1) is 12.4. The smallest absolute Gasteiger partial charge is 0.338 e. The van der Waals surface area contributed by atoms with Gasteiger partial charge in [0.1, 0.15) is 17.4 Å². The number of rotatable bonds is 5. The van der Waals surface area contributed by atoms with Crippen molar-refractivity contribution in [1.82, 2.24) is 4.98 Å². The molecular formula is C18H13FN2O4S. The normalized spacial score (nSPS) is 10.5. The van der Waals surface area contributed by atoms with Crippen LogP contribution in [-0.2, 0) is 11.3 Å². The summed E-state index contributed by atoms with van der Waals surface area (Å²) < 4.78 is 18.1. The molecule has 0 radical (unpaired) electrons. The molecule has 8 heteroatoms. The van der Waals surface area contributed by atoms with Gasteiger partial charge in [-0.25, -0.2) is 14.2 Å². The molecule has 0 aliphatic carbocycles. The van der Waals surface area contributed by atoms with Crippen molar-refractivity contribution in [3.05, 3.63) is 80.6 Å². The highest BCUT2D eigenvalue weighted by Crippen LogP contribution is 2.25. The molecule has 0 spiro atoms. The van der Waals surface area contributed by atoms with Crippen LogP contribution in [0.2, 0.25) is 0 Å². The van der Waals surface area contributed by atoms with E-state index in [0.717, 1.165) is 5.56 Å². The Hall–Kier alpha value is -3.13. The van der Waals surface area contributed by atoms with Crippen LogP contribution in [0.3, 0.4) is 0 Å². The molecule has 132 valence electrons. The van der Waals surface area contributed by atoms with Crippen LogP contribution in [0.1, 0.15) is 21.6 Å². The zero-order valence-corrected chi connectivity index (χ0v) is 14.5. The van der Waals surface area contributed by atoms with E-state index < -0.39 is 10.9 Å². The molecule has 0 bridgehead atoms. The lowest BCUT2D eigenvalue weighted by Gasteiger charge is -2.04. The lowest BCUT2D eigenvalue weighted by molar-refractivity contribution is -0.385. The topological polar surface area (TPSA) is 82.3 Å². The first-order valence-electron chi connectivity index (χ1n) is 7.56. The third kappa shape index (κ3) is 3.92. The molecule has 0 fully saturated rings. The van der Waals surface area contributed by atoms with Crippen LogP contribution in [0, 0.1) is 22.9 Å². The number of benzene rings is 2. The average molecular weight is 372 g/mol. The molecule has 2 aromatic carbocycles. The van der Waals surface area contributed by atoms with Gasteiger partial charge in [-0.15, -0.1) is 11.3 Å². The number of thiazole rings is 1. The summed E-state index contributed by atoms with van der Waals surface area (Å²) in [5.41, 5.74) is 1.76. The Morgan fingerprint density at radius 2 is 2.00 bits per heavy atom. The van der Waals surface area contributed by atoms with E-state index in [2.05, 4.69) is 4.98 Å². The number of nitro groups is 1. The number of aromatic nitrogens is 1. The molecule has 3 rings (SSSR count). The van der Waals surface area contributed by atoms with E-state index in [1.807, 2.05) is 0 Å². The van der Waals surface area contributed by atoms with E-state index in [0.29, 0.717) is 16.3 Å². The van der Waals surface area contributed by atoms with Crippen molar-refractivity contribution in [2.45, 2.75) is 13.5 Å². The van der Waals surface area contributed by atoms with Crippen molar-refractivity contribution in [2.75, 3.05) is 0 Å². The maximum atomic E-state index is 13.0. The number of hydrogen-bond donors (Lipinski definition) is 0. The zero-order chi connectivity index (χ0) is 18.7. The second-order valence-corrected chi connectivity index (χ2v) is 6.34. The minimum atomic E-state index is -0.663. The van der Waals surface area contributed by atoms with Gasteiger partial charge in [-0.05, 0) is 37.3 Å². The van der Waals surface area contributed by atoms with Gasteiger partial charge in [0.15, 0.2) is 0 Å². The lowest BCUT2D eigenvalue weighted by atomic mass is 10.1. The van der Waals surface area contributed by atoms with Gasteiger partial charge in [-0.1, -0.05) is 6.07 Å². The van der Waals surface area contributed by atoms with E-state index in [9.17, 15) is 19.3 Å². The lowest BCUT2D eigenvalue weighted by Crippen LogP contribution is -2.06. The standard InChI is InChI=1S/C18H13FN2O4S/c1-11-2-3-13(8-16(11)21(23)24)18(22)25-9-15-10-26-17(20-15)12-4-6-14(19)7-5-12/h2-8,10H,9H2,1H3. The maximum Gasteiger partial charge on any atom is 0.338 e. The van der Waals surface area contributed by atoms with Crippen molar-refractivity contribution in [3.63, 3.8) is 0 Å². The number of aryl methyl sites for hydroxylation is 1. The molecule has 6 nitrogen and oxygen atoms in total. The molecule has 0 atom stereocenters.